The van der Waals surface area contributed by atoms with Gasteiger partial charge in [-0.3, -0.25) is 0 Å². The lowest BCUT2D eigenvalue weighted by Gasteiger charge is -1.96. The normalized spacial score (nSPS) is 15.2. The van der Waals surface area contributed by atoms with Crippen molar-refractivity contribution in [1.29, 1.82) is 0 Å². The maximum Gasteiger partial charge on any atom is 0.123 e. The van der Waals surface area contributed by atoms with Gasteiger partial charge in [-0.1, -0.05) is 23.7 Å². The molecule has 88 valence electrons. The Morgan fingerprint density at radius 3 is 2.88 bits per heavy atom. The number of hydrogen-bond donors (Lipinski definition) is 1. The molecule has 0 atom stereocenters. The number of thiazole rings is 1. The van der Waals surface area contributed by atoms with Crippen LogP contribution in [0.2, 0.25) is 5.02 Å². The molecule has 2 N–H and O–H groups in total. The smallest absolute Gasteiger partial charge is 0.123 e. The van der Waals surface area contributed by atoms with Gasteiger partial charge in [-0.2, -0.15) is 0 Å². The Bertz CT molecular complexity index is 546. The molecule has 1 fully saturated rings. The molecule has 0 radical (unpaired) electrons. The van der Waals surface area contributed by atoms with E-state index < -0.39 is 0 Å². The number of nitrogens with two attached hydrogens (primary N) is 1. The van der Waals surface area contributed by atoms with E-state index >= 15 is 0 Å². The van der Waals surface area contributed by atoms with E-state index in [1.54, 1.807) is 11.3 Å². The van der Waals surface area contributed by atoms with Crippen LogP contribution in [0.25, 0.3) is 10.6 Å². The minimum Gasteiger partial charge on any atom is -0.326 e. The number of rotatable bonds is 3. The van der Waals surface area contributed by atoms with E-state index in [0.29, 0.717) is 12.5 Å². The molecule has 3 rings (SSSR count). The molecule has 1 saturated carbocycles. The van der Waals surface area contributed by atoms with Crippen LogP contribution >= 0.6 is 22.9 Å². The fourth-order valence-corrected chi connectivity index (χ4v) is 3.14. The Morgan fingerprint density at radius 2 is 2.24 bits per heavy atom. The zero-order chi connectivity index (χ0) is 11.8. The van der Waals surface area contributed by atoms with E-state index in [2.05, 4.69) is 0 Å². The molecule has 1 aromatic carbocycles. The predicted octanol–water partition coefficient (Wildman–Crippen LogP) is 3.80. The van der Waals surface area contributed by atoms with Crippen LogP contribution < -0.4 is 5.73 Å². The van der Waals surface area contributed by atoms with Crippen LogP contribution in [0.15, 0.2) is 24.3 Å². The molecule has 2 aromatic rings. The van der Waals surface area contributed by atoms with Gasteiger partial charge in [0.2, 0.25) is 0 Å². The molecular formula is C13H13ClN2S. The van der Waals surface area contributed by atoms with Gasteiger partial charge in [0, 0.05) is 27.9 Å². The van der Waals surface area contributed by atoms with Crippen LogP contribution in [0.3, 0.4) is 0 Å². The number of benzene rings is 1. The second-order valence-electron chi connectivity index (χ2n) is 4.32. The summed E-state index contributed by atoms with van der Waals surface area (Å²) in [5, 5.41) is 1.79. The van der Waals surface area contributed by atoms with Crippen molar-refractivity contribution in [2.45, 2.75) is 25.3 Å². The molecule has 0 aliphatic heterocycles. The lowest BCUT2D eigenvalue weighted by molar-refractivity contribution is 0.980. The van der Waals surface area contributed by atoms with Gasteiger partial charge in [0.25, 0.3) is 0 Å². The Balaban J connectivity index is 2.03. The SMILES string of the molecule is NCc1sc(-c2cccc(Cl)c2)nc1C1CC1. The summed E-state index contributed by atoms with van der Waals surface area (Å²) in [5.41, 5.74) is 8.08. The second kappa shape index (κ2) is 4.41. The van der Waals surface area contributed by atoms with E-state index in [9.17, 15) is 0 Å². The third-order valence-corrected chi connectivity index (χ3v) is 4.33. The first-order valence-corrected chi connectivity index (χ1v) is 6.93. The van der Waals surface area contributed by atoms with Crippen LogP contribution in [-0.2, 0) is 6.54 Å². The third kappa shape index (κ3) is 2.23. The molecule has 0 unspecified atom stereocenters. The predicted molar refractivity (Wildman–Crippen MR) is 72.4 cm³/mol. The fourth-order valence-electron chi connectivity index (χ4n) is 1.93. The Kier molecular flexibility index (Phi) is 2.90. The highest BCUT2D eigenvalue weighted by molar-refractivity contribution is 7.15. The molecular weight excluding hydrogens is 252 g/mol. The van der Waals surface area contributed by atoms with Crippen molar-refractivity contribution in [3.63, 3.8) is 0 Å². The molecule has 4 heteroatoms. The number of hydrogen-bond acceptors (Lipinski definition) is 3. The fraction of sp³-hybridized carbons (Fsp3) is 0.308. The summed E-state index contributed by atoms with van der Waals surface area (Å²) in [6.45, 7) is 0.587. The minimum atomic E-state index is 0.587. The summed E-state index contributed by atoms with van der Waals surface area (Å²) in [6, 6.07) is 7.83. The average molecular weight is 265 g/mol. The van der Waals surface area contributed by atoms with E-state index in [4.69, 9.17) is 22.3 Å². The van der Waals surface area contributed by atoms with Crippen LogP contribution in [-0.4, -0.2) is 4.98 Å². The first-order valence-electron chi connectivity index (χ1n) is 5.73. The highest BCUT2D eigenvalue weighted by Crippen LogP contribution is 2.44. The van der Waals surface area contributed by atoms with Crippen LogP contribution in [0, 0.1) is 0 Å². The summed E-state index contributed by atoms with van der Waals surface area (Å²) in [5.74, 6) is 0.651. The van der Waals surface area contributed by atoms with E-state index in [-0.39, 0.29) is 0 Å². The molecule has 1 heterocycles. The van der Waals surface area contributed by atoms with Crippen molar-refractivity contribution in [1.82, 2.24) is 4.98 Å². The molecule has 0 saturated heterocycles. The first kappa shape index (κ1) is 11.2. The van der Waals surface area contributed by atoms with E-state index in [1.807, 2.05) is 24.3 Å². The maximum atomic E-state index is 6.00. The Labute approximate surface area is 109 Å². The molecule has 1 aliphatic rings. The van der Waals surface area contributed by atoms with Gasteiger partial charge in [-0.15, -0.1) is 11.3 Å². The summed E-state index contributed by atoms with van der Waals surface area (Å²) >= 11 is 7.70. The number of nitrogens with zero attached hydrogens (tertiary/aromatic N) is 1. The largest absolute Gasteiger partial charge is 0.326 e. The maximum absolute atomic E-state index is 6.00. The van der Waals surface area contributed by atoms with E-state index in [1.165, 1.54) is 23.4 Å². The van der Waals surface area contributed by atoms with Gasteiger partial charge in [0.05, 0.1) is 5.69 Å². The monoisotopic (exact) mass is 264 g/mol. The van der Waals surface area contributed by atoms with Crippen molar-refractivity contribution >= 4 is 22.9 Å². The standard InChI is InChI=1S/C13H13ClN2S/c14-10-3-1-2-9(6-10)13-16-12(8-4-5-8)11(7-15)17-13/h1-3,6,8H,4-5,7,15H2. The highest BCUT2D eigenvalue weighted by Gasteiger charge is 2.29. The van der Waals surface area contributed by atoms with Crippen LogP contribution in [0.5, 0.6) is 0 Å². The average Bonchev–Trinajstić information content (AvgIpc) is 3.08. The molecule has 17 heavy (non-hydrogen) atoms. The summed E-state index contributed by atoms with van der Waals surface area (Å²) < 4.78 is 0. The summed E-state index contributed by atoms with van der Waals surface area (Å²) in [6.07, 6.45) is 2.51. The Morgan fingerprint density at radius 1 is 1.41 bits per heavy atom. The lowest BCUT2D eigenvalue weighted by Crippen LogP contribution is -1.96. The van der Waals surface area contributed by atoms with Gasteiger partial charge >= 0.3 is 0 Å². The summed E-state index contributed by atoms with van der Waals surface area (Å²) in [7, 11) is 0. The topological polar surface area (TPSA) is 38.9 Å². The van der Waals surface area contributed by atoms with Crippen LogP contribution in [0.1, 0.15) is 29.3 Å². The van der Waals surface area contributed by atoms with Crippen molar-refractivity contribution in [2.24, 2.45) is 5.73 Å². The van der Waals surface area contributed by atoms with Crippen LogP contribution in [0.4, 0.5) is 0 Å². The zero-order valence-corrected chi connectivity index (χ0v) is 10.9. The third-order valence-electron chi connectivity index (χ3n) is 2.95. The molecule has 0 bridgehead atoms. The lowest BCUT2D eigenvalue weighted by atomic mass is 10.2. The van der Waals surface area contributed by atoms with Crippen molar-refractivity contribution in [3.8, 4) is 10.6 Å². The zero-order valence-electron chi connectivity index (χ0n) is 9.32. The number of aromatic nitrogens is 1. The van der Waals surface area contributed by atoms with Gasteiger partial charge in [-0.05, 0) is 25.0 Å². The Hall–Kier alpha value is -0.900. The first-order chi connectivity index (χ1) is 8.28. The highest BCUT2D eigenvalue weighted by atomic mass is 35.5. The molecule has 1 aromatic heterocycles. The van der Waals surface area contributed by atoms with Crippen molar-refractivity contribution < 1.29 is 0 Å². The van der Waals surface area contributed by atoms with E-state index in [0.717, 1.165) is 15.6 Å². The molecule has 0 spiro atoms. The van der Waals surface area contributed by atoms with Gasteiger partial charge < -0.3 is 5.73 Å². The number of halogens is 1. The van der Waals surface area contributed by atoms with Gasteiger partial charge in [0.15, 0.2) is 0 Å². The second-order valence-corrected chi connectivity index (χ2v) is 5.84. The van der Waals surface area contributed by atoms with Crippen molar-refractivity contribution in [2.75, 3.05) is 0 Å². The van der Waals surface area contributed by atoms with Crippen molar-refractivity contribution in [3.05, 3.63) is 39.9 Å². The quantitative estimate of drug-likeness (QED) is 0.916. The molecule has 0 amide bonds. The minimum absolute atomic E-state index is 0.587. The molecule has 1 aliphatic carbocycles. The van der Waals surface area contributed by atoms with Gasteiger partial charge in [0.1, 0.15) is 5.01 Å². The van der Waals surface area contributed by atoms with Gasteiger partial charge in [-0.25, -0.2) is 4.98 Å². The molecule has 2 nitrogen and oxygen atoms in total. The summed E-state index contributed by atoms with van der Waals surface area (Å²) in [4.78, 5) is 5.96.